The van der Waals surface area contributed by atoms with Crippen molar-refractivity contribution in [2.24, 2.45) is 0 Å². The van der Waals surface area contributed by atoms with Crippen LogP contribution in [0.3, 0.4) is 0 Å². The molecule has 2 aromatic rings. The second kappa shape index (κ2) is 9.74. The van der Waals surface area contributed by atoms with Crippen LogP contribution >= 0.6 is 0 Å². The third kappa shape index (κ3) is 6.30. The average Bonchev–Trinajstić information content (AvgIpc) is 2.62. The van der Waals surface area contributed by atoms with Gasteiger partial charge in [-0.25, -0.2) is 0 Å². The van der Waals surface area contributed by atoms with Gasteiger partial charge >= 0.3 is 0 Å². The molecule has 1 N–H and O–H groups in total. The van der Waals surface area contributed by atoms with Crippen LogP contribution in [0.2, 0.25) is 13.1 Å². The molecule has 2 heteroatoms. The minimum Gasteiger partial charge on any atom is -0.388 e. The zero-order valence-corrected chi connectivity index (χ0v) is 16.9. The van der Waals surface area contributed by atoms with Gasteiger partial charge in [0.1, 0.15) is 0 Å². The van der Waals surface area contributed by atoms with Crippen LogP contribution in [-0.2, 0) is 6.04 Å². The lowest BCUT2D eigenvalue weighted by molar-refractivity contribution is 0.180. The van der Waals surface area contributed by atoms with Crippen molar-refractivity contribution in [1.29, 1.82) is 0 Å². The van der Waals surface area contributed by atoms with E-state index < -0.39 is 14.2 Å². The summed E-state index contributed by atoms with van der Waals surface area (Å²) in [6.07, 6.45) is 6.35. The van der Waals surface area contributed by atoms with Gasteiger partial charge in [-0.1, -0.05) is 110 Å². The van der Waals surface area contributed by atoms with Crippen LogP contribution in [0.25, 0.3) is 0 Å². The Kier molecular flexibility index (Phi) is 7.67. The molecular formula is C23H32OSi. The first kappa shape index (κ1) is 19.7. The molecule has 2 rings (SSSR count). The fourth-order valence-electron chi connectivity index (χ4n) is 3.34. The van der Waals surface area contributed by atoms with Gasteiger partial charge in [0.25, 0.3) is 0 Å². The van der Waals surface area contributed by atoms with Gasteiger partial charge in [-0.05, 0) is 24.4 Å². The predicted molar refractivity (Wildman–Crippen MR) is 111 cm³/mol. The van der Waals surface area contributed by atoms with E-state index in [0.29, 0.717) is 0 Å². The van der Waals surface area contributed by atoms with Crippen molar-refractivity contribution in [2.75, 3.05) is 0 Å². The fraction of sp³-hybridized carbons (Fsp3) is 0.391. The van der Waals surface area contributed by atoms with Gasteiger partial charge in [-0.15, -0.1) is 0 Å². The van der Waals surface area contributed by atoms with Crippen molar-refractivity contribution in [3.05, 3.63) is 83.1 Å². The third-order valence-electron chi connectivity index (χ3n) is 4.90. The van der Waals surface area contributed by atoms with Crippen molar-refractivity contribution in [1.82, 2.24) is 0 Å². The van der Waals surface area contributed by atoms with Crippen LogP contribution in [0.1, 0.15) is 49.8 Å². The number of aliphatic hydroxyl groups is 1. The standard InChI is InChI=1S/C23H32OSi/c1-4-5-8-17-22(18-23(24)21-15-11-7-12-16-21)25(2,3)19-20-13-9-6-10-14-20/h6-7,9-17,23-24H,4-5,8,18-19H2,1-3H3/b22-17+. The zero-order chi connectivity index (χ0) is 18.1. The molecule has 1 unspecified atom stereocenters. The van der Waals surface area contributed by atoms with E-state index in [4.69, 9.17) is 0 Å². The van der Waals surface area contributed by atoms with E-state index in [1.54, 1.807) is 0 Å². The Bertz CT molecular complexity index is 646. The third-order valence-corrected chi connectivity index (χ3v) is 8.34. The first-order chi connectivity index (χ1) is 12.0. The summed E-state index contributed by atoms with van der Waals surface area (Å²) in [6.45, 7) is 7.11. The summed E-state index contributed by atoms with van der Waals surface area (Å²) in [5.41, 5.74) is 2.43. The summed E-state index contributed by atoms with van der Waals surface area (Å²) in [7, 11) is -1.62. The number of aliphatic hydroxyl groups excluding tert-OH is 1. The number of unbranched alkanes of at least 4 members (excludes halogenated alkanes) is 2. The van der Waals surface area contributed by atoms with Crippen LogP contribution in [0.4, 0.5) is 0 Å². The molecular weight excluding hydrogens is 320 g/mol. The van der Waals surface area contributed by atoms with E-state index >= 15 is 0 Å². The van der Waals surface area contributed by atoms with Gasteiger partial charge in [0.15, 0.2) is 0 Å². The van der Waals surface area contributed by atoms with E-state index in [2.05, 4.69) is 56.4 Å². The summed E-state index contributed by atoms with van der Waals surface area (Å²) in [4.78, 5) is 0. The second-order valence-electron chi connectivity index (χ2n) is 7.55. The Morgan fingerprint density at radius 3 is 2.20 bits per heavy atom. The van der Waals surface area contributed by atoms with E-state index in [0.717, 1.165) is 24.4 Å². The first-order valence-corrected chi connectivity index (χ1v) is 12.7. The quantitative estimate of drug-likeness (QED) is 0.417. The highest BCUT2D eigenvalue weighted by Gasteiger charge is 2.28. The number of rotatable bonds is 9. The summed E-state index contributed by atoms with van der Waals surface area (Å²) >= 11 is 0. The number of hydrogen-bond donors (Lipinski definition) is 1. The lowest BCUT2D eigenvalue weighted by Gasteiger charge is -2.28. The molecule has 134 valence electrons. The fourth-order valence-corrected chi connectivity index (χ4v) is 6.26. The van der Waals surface area contributed by atoms with Crippen LogP contribution < -0.4 is 0 Å². The van der Waals surface area contributed by atoms with Crippen LogP contribution in [0, 0.1) is 0 Å². The predicted octanol–water partition coefficient (Wildman–Crippen LogP) is 6.26. The van der Waals surface area contributed by atoms with Crippen molar-refractivity contribution in [3.63, 3.8) is 0 Å². The topological polar surface area (TPSA) is 20.2 Å². The Labute approximate surface area is 154 Å². The number of allylic oxidation sites excluding steroid dienone is 1. The molecule has 0 heterocycles. The Balaban J connectivity index is 2.17. The van der Waals surface area contributed by atoms with Gasteiger partial charge in [0.2, 0.25) is 0 Å². The van der Waals surface area contributed by atoms with Gasteiger partial charge in [0, 0.05) is 0 Å². The van der Waals surface area contributed by atoms with Crippen molar-refractivity contribution >= 4 is 8.07 Å². The molecule has 0 fully saturated rings. The maximum atomic E-state index is 10.8. The van der Waals surface area contributed by atoms with Crippen molar-refractivity contribution in [3.8, 4) is 0 Å². The van der Waals surface area contributed by atoms with Crippen LogP contribution in [-0.4, -0.2) is 13.2 Å². The highest BCUT2D eigenvalue weighted by molar-refractivity contribution is 6.83. The Morgan fingerprint density at radius 1 is 1.00 bits per heavy atom. The highest BCUT2D eigenvalue weighted by atomic mass is 28.3. The summed E-state index contributed by atoms with van der Waals surface area (Å²) in [5.74, 6) is 0. The lowest BCUT2D eigenvalue weighted by atomic mass is 10.1. The summed E-state index contributed by atoms with van der Waals surface area (Å²) in [5, 5.41) is 12.3. The molecule has 0 aromatic heterocycles. The molecule has 0 aliphatic carbocycles. The highest BCUT2D eigenvalue weighted by Crippen LogP contribution is 2.30. The molecule has 0 aliphatic heterocycles. The summed E-state index contributed by atoms with van der Waals surface area (Å²) < 4.78 is 0. The van der Waals surface area contributed by atoms with Crippen molar-refractivity contribution < 1.29 is 5.11 Å². The Morgan fingerprint density at radius 2 is 1.60 bits per heavy atom. The first-order valence-electron chi connectivity index (χ1n) is 9.49. The van der Waals surface area contributed by atoms with Crippen LogP contribution in [0.15, 0.2) is 71.9 Å². The maximum absolute atomic E-state index is 10.8. The van der Waals surface area contributed by atoms with E-state index in [1.807, 2.05) is 30.3 Å². The molecule has 0 radical (unpaired) electrons. The number of benzene rings is 2. The van der Waals surface area contributed by atoms with Gasteiger partial charge in [-0.2, -0.15) is 0 Å². The second-order valence-corrected chi connectivity index (χ2v) is 12.3. The molecule has 1 atom stereocenters. The van der Waals surface area contributed by atoms with E-state index in [1.165, 1.54) is 23.6 Å². The molecule has 25 heavy (non-hydrogen) atoms. The molecule has 1 nitrogen and oxygen atoms in total. The molecule has 0 spiro atoms. The van der Waals surface area contributed by atoms with Gasteiger partial charge in [-0.3, -0.25) is 0 Å². The van der Waals surface area contributed by atoms with Gasteiger partial charge in [0.05, 0.1) is 14.2 Å². The molecule has 0 aliphatic rings. The van der Waals surface area contributed by atoms with E-state index in [-0.39, 0.29) is 0 Å². The SMILES string of the molecule is CCCC/C=C(\CC(O)c1ccccc1)[Si](C)(C)Cc1ccccc1. The maximum Gasteiger partial charge on any atom is 0.0823 e. The lowest BCUT2D eigenvalue weighted by Crippen LogP contribution is -2.33. The molecule has 0 amide bonds. The minimum atomic E-state index is -1.62. The zero-order valence-electron chi connectivity index (χ0n) is 15.9. The van der Waals surface area contributed by atoms with Crippen LogP contribution in [0.5, 0.6) is 0 Å². The largest absolute Gasteiger partial charge is 0.388 e. The monoisotopic (exact) mass is 352 g/mol. The Hall–Kier alpha value is -1.64. The molecule has 0 saturated carbocycles. The summed E-state index contributed by atoms with van der Waals surface area (Å²) in [6, 6.07) is 22.0. The van der Waals surface area contributed by atoms with Crippen molar-refractivity contribution in [2.45, 2.75) is 57.8 Å². The average molecular weight is 353 g/mol. The molecule has 2 aromatic carbocycles. The minimum absolute atomic E-state index is 0.406. The normalized spacial score (nSPS) is 13.7. The molecule has 0 saturated heterocycles. The van der Waals surface area contributed by atoms with Gasteiger partial charge < -0.3 is 5.11 Å². The smallest absolute Gasteiger partial charge is 0.0823 e. The molecule has 0 bridgehead atoms. The van der Waals surface area contributed by atoms with E-state index in [9.17, 15) is 5.11 Å². The number of hydrogen-bond acceptors (Lipinski definition) is 1.